The summed E-state index contributed by atoms with van der Waals surface area (Å²) in [7, 11) is 0. The first-order valence-corrected chi connectivity index (χ1v) is 3.48. The minimum Gasteiger partial charge on any atom is -0.392 e. The minimum atomic E-state index is 0.199. The Bertz CT molecular complexity index is 94.7. The third-order valence-corrected chi connectivity index (χ3v) is 1.46. The van der Waals surface area contributed by atoms with E-state index in [2.05, 4.69) is 19.9 Å². The topological polar surface area (TPSA) is 20.2 Å². The summed E-state index contributed by atoms with van der Waals surface area (Å²) in [5.41, 5.74) is 1.07. The third kappa shape index (κ3) is 4.22. The second-order valence-corrected chi connectivity index (χ2v) is 2.56. The van der Waals surface area contributed by atoms with E-state index in [4.69, 9.17) is 5.11 Å². The van der Waals surface area contributed by atoms with E-state index < -0.39 is 0 Å². The van der Waals surface area contributed by atoms with Crippen LogP contribution in [0.3, 0.4) is 0 Å². The molecule has 1 nitrogen and oxygen atoms in total. The fourth-order valence-corrected chi connectivity index (χ4v) is 0.656. The molecular weight excluding hydrogens is 112 g/mol. The molecule has 54 valence electrons. The molecular formula is C8H16O. The van der Waals surface area contributed by atoms with Gasteiger partial charge in [-0.05, 0) is 12.8 Å². The average Bonchev–Trinajstić information content (AvgIpc) is 1.87. The first-order chi connectivity index (χ1) is 4.20. The van der Waals surface area contributed by atoms with E-state index in [1.807, 2.05) is 6.92 Å². The molecule has 1 atom stereocenters. The highest BCUT2D eigenvalue weighted by Gasteiger charge is 1.92. The second-order valence-electron chi connectivity index (χ2n) is 2.56. The van der Waals surface area contributed by atoms with Gasteiger partial charge in [0.05, 0.1) is 6.61 Å². The Labute approximate surface area is 57.4 Å². The van der Waals surface area contributed by atoms with Crippen LogP contribution >= 0.6 is 0 Å². The monoisotopic (exact) mass is 128 g/mol. The number of allylic oxidation sites excluding steroid dienone is 1. The smallest absolute Gasteiger partial charge is 0.0639 e. The van der Waals surface area contributed by atoms with Crippen molar-refractivity contribution in [3.05, 3.63) is 11.6 Å². The van der Waals surface area contributed by atoms with E-state index in [0.717, 1.165) is 12.0 Å². The summed E-state index contributed by atoms with van der Waals surface area (Å²) in [4.78, 5) is 0. The summed E-state index contributed by atoms with van der Waals surface area (Å²) in [5, 5.41) is 8.61. The number of aliphatic hydroxyl groups excluding tert-OH is 1. The van der Waals surface area contributed by atoms with Crippen LogP contribution in [-0.4, -0.2) is 11.7 Å². The Morgan fingerprint density at radius 1 is 1.67 bits per heavy atom. The molecule has 1 N–H and O–H groups in total. The van der Waals surface area contributed by atoms with E-state index in [0.29, 0.717) is 5.92 Å². The Morgan fingerprint density at radius 3 is 2.56 bits per heavy atom. The lowest BCUT2D eigenvalue weighted by Gasteiger charge is -2.01. The molecule has 0 aliphatic carbocycles. The van der Waals surface area contributed by atoms with E-state index in [-0.39, 0.29) is 6.61 Å². The van der Waals surface area contributed by atoms with E-state index in [1.54, 1.807) is 0 Å². The summed E-state index contributed by atoms with van der Waals surface area (Å²) >= 11 is 0. The van der Waals surface area contributed by atoms with Crippen LogP contribution in [0, 0.1) is 5.92 Å². The van der Waals surface area contributed by atoms with Crippen LogP contribution in [0.15, 0.2) is 11.6 Å². The van der Waals surface area contributed by atoms with Gasteiger partial charge in [0.25, 0.3) is 0 Å². The predicted octanol–water partition coefficient (Wildman–Crippen LogP) is 1.97. The van der Waals surface area contributed by atoms with Gasteiger partial charge in [-0.25, -0.2) is 0 Å². The molecule has 0 aromatic rings. The molecule has 9 heavy (non-hydrogen) atoms. The Balaban J connectivity index is 3.64. The fourth-order valence-electron chi connectivity index (χ4n) is 0.656. The molecule has 0 saturated heterocycles. The number of hydrogen-bond donors (Lipinski definition) is 1. The summed E-state index contributed by atoms with van der Waals surface area (Å²) in [5.74, 6) is 0.608. The van der Waals surface area contributed by atoms with Crippen molar-refractivity contribution in [3.63, 3.8) is 0 Å². The standard InChI is InChI=1S/C8H16O/c1-4-7(2)5-8(3)6-9/h5,7,9H,4,6H2,1-3H3/b8-5-. The van der Waals surface area contributed by atoms with Crippen LogP contribution in [0.4, 0.5) is 0 Å². The van der Waals surface area contributed by atoms with Crippen LogP contribution in [-0.2, 0) is 0 Å². The Kier molecular flexibility index (Phi) is 4.41. The van der Waals surface area contributed by atoms with Crippen LogP contribution in [0.1, 0.15) is 27.2 Å². The summed E-state index contributed by atoms with van der Waals surface area (Å²) in [6, 6.07) is 0. The molecule has 0 spiro atoms. The molecule has 0 bridgehead atoms. The van der Waals surface area contributed by atoms with Gasteiger partial charge in [0.2, 0.25) is 0 Å². The van der Waals surface area contributed by atoms with Gasteiger partial charge in [-0.3, -0.25) is 0 Å². The summed E-state index contributed by atoms with van der Waals surface area (Å²) in [6.07, 6.45) is 3.26. The van der Waals surface area contributed by atoms with E-state index in [1.165, 1.54) is 0 Å². The summed E-state index contributed by atoms with van der Waals surface area (Å²) in [6.45, 7) is 6.45. The van der Waals surface area contributed by atoms with Crippen molar-refractivity contribution in [2.24, 2.45) is 5.92 Å². The zero-order chi connectivity index (χ0) is 7.28. The van der Waals surface area contributed by atoms with Crippen LogP contribution in [0.5, 0.6) is 0 Å². The van der Waals surface area contributed by atoms with Crippen molar-refractivity contribution < 1.29 is 5.11 Å². The number of aliphatic hydroxyl groups is 1. The molecule has 0 saturated carbocycles. The highest BCUT2D eigenvalue weighted by molar-refractivity contribution is 4.99. The quantitative estimate of drug-likeness (QED) is 0.576. The number of hydrogen-bond acceptors (Lipinski definition) is 1. The maximum Gasteiger partial charge on any atom is 0.0639 e. The minimum absolute atomic E-state index is 0.199. The van der Waals surface area contributed by atoms with Crippen molar-refractivity contribution in [3.8, 4) is 0 Å². The highest BCUT2D eigenvalue weighted by Crippen LogP contribution is 2.05. The Morgan fingerprint density at radius 2 is 2.22 bits per heavy atom. The average molecular weight is 128 g/mol. The van der Waals surface area contributed by atoms with Crippen molar-refractivity contribution >= 4 is 0 Å². The van der Waals surface area contributed by atoms with Crippen molar-refractivity contribution in [2.75, 3.05) is 6.61 Å². The van der Waals surface area contributed by atoms with Gasteiger partial charge in [0.15, 0.2) is 0 Å². The lowest BCUT2D eigenvalue weighted by Crippen LogP contribution is -1.90. The predicted molar refractivity (Wildman–Crippen MR) is 40.3 cm³/mol. The van der Waals surface area contributed by atoms with Gasteiger partial charge in [0.1, 0.15) is 0 Å². The van der Waals surface area contributed by atoms with Gasteiger partial charge in [-0.1, -0.05) is 31.9 Å². The van der Waals surface area contributed by atoms with Crippen LogP contribution < -0.4 is 0 Å². The largest absolute Gasteiger partial charge is 0.392 e. The second kappa shape index (κ2) is 4.57. The van der Waals surface area contributed by atoms with Gasteiger partial charge in [0, 0.05) is 0 Å². The van der Waals surface area contributed by atoms with Crippen molar-refractivity contribution in [2.45, 2.75) is 27.2 Å². The molecule has 0 aromatic heterocycles. The van der Waals surface area contributed by atoms with Gasteiger partial charge in [-0.2, -0.15) is 0 Å². The zero-order valence-electron chi connectivity index (χ0n) is 6.52. The molecule has 0 radical (unpaired) electrons. The highest BCUT2D eigenvalue weighted by atomic mass is 16.3. The lowest BCUT2D eigenvalue weighted by atomic mass is 10.1. The zero-order valence-corrected chi connectivity index (χ0v) is 6.52. The normalized spacial score (nSPS) is 15.8. The van der Waals surface area contributed by atoms with Crippen LogP contribution in [0.25, 0.3) is 0 Å². The molecule has 0 aliphatic heterocycles. The number of rotatable bonds is 3. The van der Waals surface area contributed by atoms with Gasteiger partial charge >= 0.3 is 0 Å². The third-order valence-electron chi connectivity index (χ3n) is 1.46. The first-order valence-electron chi connectivity index (χ1n) is 3.48. The molecule has 0 amide bonds. The summed E-state index contributed by atoms with van der Waals surface area (Å²) < 4.78 is 0. The van der Waals surface area contributed by atoms with Gasteiger partial charge < -0.3 is 5.11 Å². The molecule has 1 unspecified atom stereocenters. The van der Waals surface area contributed by atoms with Gasteiger partial charge in [-0.15, -0.1) is 0 Å². The van der Waals surface area contributed by atoms with Crippen LogP contribution in [0.2, 0.25) is 0 Å². The molecule has 0 aromatic carbocycles. The maximum absolute atomic E-state index is 8.61. The molecule has 1 heteroatoms. The fraction of sp³-hybridized carbons (Fsp3) is 0.750. The molecule has 0 aliphatic rings. The maximum atomic E-state index is 8.61. The lowest BCUT2D eigenvalue weighted by molar-refractivity contribution is 0.330. The van der Waals surface area contributed by atoms with E-state index >= 15 is 0 Å². The first kappa shape index (κ1) is 8.70. The molecule has 0 fully saturated rings. The molecule has 0 rings (SSSR count). The van der Waals surface area contributed by atoms with Crippen molar-refractivity contribution in [1.29, 1.82) is 0 Å². The SMILES string of the molecule is CCC(C)/C=C(/C)CO. The Hall–Kier alpha value is -0.300. The van der Waals surface area contributed by atoms with Crippen molar-refractivity contribution in [1.82, 2.24) is 0 Å². The van der Waals surface area contributed by atoms with E-state index in [9.17, 15) is 0 Å². The molecule has 0 heterocycles.